The van der Waals surface area contributed by atoms with Gasteiger partial charge in [-0.25, -0.2) is 0 Å². The predicted octanol–water partition coefficient (Wildman–Crippen LogP) is 2.09. The molecule has 0 aliphatic carbocycles. The van der Waals surface area contributed by atoms with Gasteiger partial charge in [0.15, 0.2) is 0 Å². The molecule has 1 aromatic rings. The Kier molecular flexibility index (Phi) is 7.13. The fraction of sp³-hybridized carbons (Fsp3) is 0.364. The molecule has 0 heterocycles. The van der Waals surface area contributed by atoms with Crippen LogP contribution in [0.4, 0.5) is 0 Å². The second kappa shape index (κ2) is 7.49. The maximum absolute atomic E-state index is 11.6. The van der Waals surface area contributed by atoms with Gasteiger partial charge in [0.05, 0.1) is 0 Å². The maximum atomic E-state index is 11.6. The number of hydrogen-bond donors (Lipinski definition) is 2. The van der Waals surface area contributed by atoms with Crippen molar-refractivity contribution in [1.29, 1.82) is 0 Å². The Morgan fingerprint density at radius 2 is 2.00 bits per heavy atom. The van der Waals surface area contributed by atoms with Crippen LogP contribution >= 0.6 is 24.0 Å². The molecule has 0 fully saturated rings. The first-order chi connectivity index (χ1) is 7.13. The highest BCUT2D eigenvalue weighted by molar-refractivity contribution is 6.30. The lowest BCUT2D eigenvalue weighted by atomic mass is 10.1. The molecule has 0 aliphatic rings. The molecule has 0 radical (unpaired) electrons. The van der Waals surface area contributed by atoms with Crippen LogP contribution in [0, 0.1) is 5.92 Å². The molecule has 0 spiro atoms. The molecule has 1 amide bonds. The largest absolute Gasteiger partial charge is 0.352 e. The van der Waals surface area contributed by atoms with E-state index in [0.717, 1.165) is 0 Å². The van der Waals surface area contributed by atoms with Crippen molar-refractivity contribution in [2.75, 3.05) is 13.1 Å². The molecular weight excluding hydrogens is 247 g/mol. The van der Waals surface area contributed by atoms with Crippen molar-refractivity contribution >= 4 is 29.9 Å². The van der Waals surface area contributed by atoms with Crippen LogP contribution in [0.2, 0.25) is 5.02 Å². The summed E-state index contributed by atoms with van der Waals surface area (Å²) in [4.78, 5) is 11.6. The van der Waals surface area contributed by atoms with E-state index >= 15 is 0 Å². The van der Waals surface area contributed by atoms with E-state index in [1.54, 1.807) is 24.3 Å². The first-order valence-corrected chi connectivity index (χ1v) is 5.25. The minimum Gasteiger partial charge on any atom is -0.352 e. The highest BCUT2D eigenvalue weighted by atomic mass is 35.5. The topological polar surface area (TPSA) is 55.1 Å². The third kappa shape index (κ3) is 4.84. The van der Waals surface area contributed by atoms with Gasteiger partial charge in [-0.2, -0.15) is 0 Å². The molecule has 0 aliphatic heterocycles. The van der Waals surface area contributed by atoms with Crippen molar-refractivity contribution in [2.24, 2.45) is 11.7 Å². The van der Waals surface area contributed by atoms with E-state index in [-0.39, 0.29) is 18.3 Å². The van der Waals surface area contributed by atoms with Gasteiger partial charge >= 0.3 is 0 Å². The third-order valence-electron chi connectivity index (χ3n) is 2.12. The number of benzene rings is 1. The summed E-state index contributed by atoms with van der Waals surface area (Å²) in [6, 6.07) is 6.79. The summed E-state index contributed by atoms with van der Waals surface area (Å²) in [5, 5.41) is 3.43. The number of rotatable bonds is 4. The van der Waals surface area contributed by atoms with Crippen LogP contribution in [0.15, 0.2) is 24.3 Å². The molecule has 0 saturated carbocycles. The van der Waals surface area contributed by atoms with E-state index in [2.05, 4.69) is 5.32 Å². The molecule has 90 valence electrons. The maximum Gasteiger partial charge on any atom is 0.251 e. The summed E-state index contributed by atoms with van der Waals surface area (Å²) in [6.07, 6.45) is 0. The second-order valence-electron chi connectivity index (χ2n) is 3.56. The third-order valence-corrected chi connectivity index (χ3v) is 2.37. The van der Waals surface area contributed by atoms with Crippen LogP contribution in [-0.2, 0) is 0 Å². The summed E-state index contributed by atoms with van der Waals surface area (Å²) >= 11 is 5.72. The van der Waals surface area contributed by atoms with E-state index in [9.17, 15) is 4.79 Å². The van der Waals surface area contributed by atoms with E-state index in [1.165, 1.54) is 0 Å². The Hall–Kier alpha value is -0.770. The number of amides is 1. The molecule has 1 atom stereocenters. The van der Waals surface area contributed by atoms with Crippen molar-refractivity contribution in [1.82, 2.24) is 5.32 Å². The number of nitrogens with one attached hydrogen (secondary N) is 1. The van der Waals surface area contributed by atoms with Crippen molar-refractivity contribution in [2.45, 2.75) is 6.92 Å². The quantitative estimate of drug-likeness (QED) is 0.873. The number of carbonyl (C=O) groups is 1. The van der Waals surface area contributed by atoms with Crippen molar-refractivity contribution in [3.05, 3.63) is 34.9 Å². The zero-order valence-electron chi connectivity index (χ0n) is 9.07. The summed E-state index contributed by atoms with van der Waals surface area (Å²) in [5.74, 6) is 0.202. The fourth-order valence-electron chi connectivity index (χ4n) is 1.05. The number of carbonyl (C=O) groups excluding carboxylic acids is 1. The summed E-state index contributed by atoms with van der Waals surface area (Å²) < 4.78 is 0. The molecule has 0 aromatic heterocycles. The van der Waals surface area contributed by atoms with Gasteiger partial charge in [-0.15, -0.1) is 12.4 Å². The molecule has 3 N–H and O–H groups in total. The lowest BCUT2D eigenvalue weighted by Crippen LogP contribution is -2.31. The lowest BCUT2D eigenvalue weighted by molar-refractivity contribution is 0.0948. The number of nitrogens with two attached hydrogens (primary N) is 1. The monoisotopic (exact) mass is 262 g/mol. The fourth-order valence-corrected chi connectivity index (χ4v) is 1.18. The number of halogens is 2. The van der Waals surface area contributed by atoms with Gasteiger partial charge in [0, 0.05) is 17.1 Å². The van der Waals surface area contributed by atoms with Crippen molar-refractivity contribution < 1.29 is 4.79 Å². The van der Waals surface area contributed by atoms with E-state index < -0.39 is 0 Å². The van der Waals surface area contributed by atoms with Gasteiger partial charge in [-0.05, 0) is 36.7 Å². The Morgan fingerprint density at radius 1 is 1.44 bits per heavy atom. The normalized spacial score (nSPS) is 11.4. The van der Waals surface area contributed by atoms with Gasteiger partial charge < -0.3 is 11.1 Å². The average Bonchev–Trinajstić information content (AvgIpc) is 2.26. The molecule has 1 unspecified atom stereocenters. The van der Waals surface area contributed by atoms with Crippen LogP contribution in [0.3, 0.4) is 0 Å². The standard InChI is InChI=1S/C11H15ClN2O.ClH/c1-8(6-13)7-14-11(15)9-2-4-10(12)5-3-9;/h2-5,8H,6-7,13H2,1H3,(H,14,15);1H. The first kappa shape index (κ1) is 15.2. The number of hydrogen-bond acceptors (Lipinski definition) is 2. The van der Waals surface area contributed by atoms with Crippen LogP contribution in [0.5, 0.6) is 0 Å². The van der Waals surface area contributed by atoms with E-state index in [0.29, 0.717) is 29.6 Å². The van der Waals surface area contributed by atoms with Gasteiger partial charge in [0.1, 0.15) is 0 Å². The van der Waals surface area contributed by atoms with Gasteiger partial charge in [-0.1, -0.05) is 18.5 Å². The SMILES string of the molecule is CC(CN)CNC(=O)c1ccc(Cl)cc1.Cl. The van der Waals surface area contributed by atoms with Gasteiger partial charge in [-0.3, -0.25) is 4.79 Å². The highest BCUT2D eigenvalue weighted by Gasteiger charge is 2.06. The Morgan fingerprint density at radius 3 is 2.50 bits per heavy atom. The Bertz CT molecular complexity index is 327. The van der Waals surface area contributed by atoms with Crippen LogP contribution in [-0.4, -0.2) is 19.0 Å². The first-order valence-electron chi connectivity index (χ1n) is 4.87. The van der Waals surface area contributed by atoms with Crippen molar-refractivity contribution in [3.8, 4) is 0 Å². The molecule has 3 nitrogen and oxygen atoms in total. The Labute approximate surface area is 107 Å². The summed E-state index contributed by atoms with van der Waals surface area (Å²) in [7, 11) is 0. The molecule has 5 heteroatoms. The van der Waals surface area contributed by atoms with E-state index in [4.69, 9.17) is 17.3 Å². The zero-order chi connectivity index (χ0) is 11.3. The molecule has 0 bridgehead atoms. The summed E-state index contributed by atoms with van der Waals surface area (Å²) in [5.41, 5.74) is 6.06. The van der Waals surface area contributed by atoms with Crippen molar-refractivity contribution in [3.63, 3.8) is 0 Å². The Balaban J connectivity index is 0.00000225. The predicted molar refractivity (Wildman–Crippen MR) is 69.3 cm³/mol. The van der Waals surface area contributed by atoms with Gasteiger partial charge in [0.25, 0.3) is 5.91 Å². The van der Waals surface area contributed by atoms with Gasteiger partial charge in [0.2, 0.25) is 0 Å². The molecule has 1 aromatic carbocycles. The smallest absolute Gasteiger partial charge is 0.251 e. The second-order valence-corrected chi connectivity index (χ2v) is 3.99. The van der Waals surface area contributed by atoms with E-state index in [1.807, 2.05) is 6.92 Å². The molecule has 16 heavy (non-hydrogen) atoms. The summed E-state index contributed by atoms with van der Waals surface area (Å²) in [6.45, 7) is 3.15. The van der Waals surface area contributed by atoms with Crippen LogP contribution in [0.25, 0.3) is 0 Å². The minimum absolute atomic E-state index is 0. The minimum atomic E-state index is -0.0908. The molecular formula is C11H16Cl2N2O. The average molecular weight is 263 g/mol. The lowest BCUT2D eigenvalue weighted by Gasteiger charge is -2.09. The molecule has 1 rings (SSSR count). The molecule has 0 saturated heterocycles. The zero-order valence-corrected chi connectivity index (χ0v) is 10.6. The van der Waals surface area contributed by atoms with Crippen LogP contribution in [0.1, 0.15) is 17.3 Å². The van der Waals surface area contributed by atoms with Crippen LogP contribution < -0.4 is 11.1 Å². The highest BCUT2D eigenvalue weighted by Crippen LogP contribution is 2.09.